The lowest BCUT2D eigenvalue weighted by molar-refractivity contribution is -0.142. The van der Waals surface area contributed by atoms with Crippen molar-refractivity contribution in [2.45, 2.75) is 70.4 Å². The molecule has 2 aromatic carbocycles. The van der Waals surface area contributed by atoms with Crippen LogP contribution in [0.25, 0.3) is 0 Å². The van der Waals surface area contributed by atoms with Crippen molar-refractivity contribution < 1.29 is 14.4 Å². The molecular weight excluding hydrogens is 576 g/mol. The third kappa shape index (κ3) is 7.74. The van der Waals surface area contributed by atoms with Gasteiger partial charge in [-0.15, -0.1) is 0 Å². The number of nitrogens with zero attached hydrogens (tertiary/aromatic N) is 6. The van der Waals surface area contributed by atoms with Gasteiger partial charge in [0.15, 0.2) is 0 Å². The van der Waals surface area contributed by atoms with Gasteiger partial charge in [-0.3, -0.25) is 14.4 Å². The van der Waals surface area contributed by atoms with Gasteiger partial charge in [0.25, 0.3) is 0 Å². The average Bonchev–Trinajstić information content (AvgIpc) is 3.77. The molecule has 2 saturated heterocycles. The summed E-state index contributed by atoms with van der Waals surface area (Å²) in [5.74, 6) is 0.464. The highest BCUT2D eigenvalue weighted by molar-refractivity contribution is 6.13. The van der Waals surface area contributed by atoms with Crippen LogP contribution in [0.5, 0.6) is 0 Å². The number of hydrogen-bond acceptors (Lipinski definition) is 6. The lowest BCUT2D eigenvalue weighted by Crippen LogP contribution is -2.43. The third-order valence-electron chi connectivity index (χ3n) is 8.93. The second-order valence-electron chi connectivity index (χ2n) is 11.9. The standard InChI is InChI=1S/C19H25N3O2.C15H18ClN3O/c1-2-6-18(23)21-13-10-16(11-14-21)19(24)22-17(9-12-20-22)15-7-4-3-5-8-15;16-18-10-7-13(8-11-18)15(20)19-14(6-9-17-19)12-4-2-1-3-5-12/h3-5,7-8,12,16-17H,2,6,9-11,13-14H2,1H3;1-5,9,13-14H,6-8,10-11H2. The van der Waals surface area contributed by atoms with E-state index < -0.39 is 0 Å². The molecule has 2 atom stereocenters. The van der Waals surface area contributed by atoms with Crippen LogP contribution >= 0.6 is 11.8 Å². The number of amides is 3. The zero-order valence-electron chi connectivity index (χ0n) is 25.5. The summed E-state index contributed by atoms with van der Waals surface area (Å²) in [6.07, 6.45) is 9.81. The zero-order chi connectivity index (χ0) is 30.9. The van der Waals surface area contributed by atoms with Crippen molar-refractivity contribution in [3.63, 3.8) is 0 Å². The Labute approximate surface area is 265 Å². The lowest BCUT2D eigenvalue weighted by Gasteiger charge is -2.33. The number of piperidine rings is 2. The summed E-state index contributed by atoms with van der Waals surface area (Å²) < 4.78 is 1.76. The third-order valence-corrected chi connectivity index (χ3v) is 9.27. The van der Waals surface area contributed by atoms with Crippen LogP contribution in [0.15, 0.2) is 70.9 Å². The smallest absolute Gasteiger partial charge is 0.246 e. The minimum Gasteiger partial charge on any atom is -0.343 e. The first-order valence-electron chi connectivity index (χ1n) is 16.0. The van der Waals surface area contributed by atoms with E-state index in [-0.39, 0.29) is 41.6 Å². The van der Waals surface area contributed by atoms with Crippen molar-refractivity contribution in [2.24, 2.45) is 22.0 Å². The fraction of sp³-hybridized carbons (Fsp3) is 0.500. The molecule has 0 bridgehead atoms. The second kappa shape index (κ2) is 15.4. The number of likely N-dealkylation sites (tertiary alicyclic amines) is 1. The fourth-order valence-electron chi connectivity index (χ4n) is 6.37. The number of hydrogen-bond donors (Lipinski definition) is 0. The van der Waals surface area contributed by atoms with Crippen LogP contribution in [-0.2, 0) is 14.4 Å². The van der Waals surface area contributed by atoms with E-state index in [1.807, 2.05) is 72.8 Å². The predicted octanol–water partition coefficient (Wildman–Crippen LogP) is 5.80. The van der Waals surface area contributed by atoms with Crippen LogP contribution in [0, 0.1) is 11.8 Å². The van der Waals surface area contributed by atoms with Gasteiger partial charge < -0.3 is 4.90 Å². The van der Waals surface area contributed by atoms with E-state index in [0.29, 0.717) is 19.5 Å². The summed E-state index contributed by atoms with van der Waals surface area (Å²) in [6, 6.07) is 20.2. The van der Waals surface area contributed by atoms with E-state index in [1.165, 1.54) is 0 Å². The number of carbonyl (C=O) groups is 3. The summed E-state index contributed by atoms with van der Waals surface area (Å²) in [4.78, 5) is 39.4. The first-order valence-corrected chi connectivity index (χ1v) is 16.3. The maximum atomic E-state index is 12.9. The molecular formula is C34H43ClN6O3. The van der Waals surface area contributed by atoms with Crippen molar-refractivity contribution in [1.82, 2.24) is 19.3 Å². The molecule has 44 heavy (non-hydrogen) atoms. The van der Waals surface area contributed by atoms with Crippen molar-refractivity contribution >= 4 is 41.9 Å². The van der Waals surface area contributed by atoms with E-state index in [4.69, 9.17) is 11.8 Å². The highest BCUT2D eigenvalue weighted by atomic mass is 35.5. The normalized spacial score (nSPS) is 22.6. The largest absolute Gasteiger partial charge is 0.343 e. The van der Waals surface area contributed by atoms with E-state index >= 15 is 0 Å². The Balaban J connectivity index is 0.000000177. The van der Waals surface area contributed by atoms with Crippen LogP contribution < -0.4 is 0 Å². The monoisotopic (exact) mass is 618 g/mol. The molecule has 0 spiro atoms. The van der Waals surface area contributed by atoms with Crippen molar-refractivity contribution in [3.8, 4) is 0 Å². The molecule has 0 radical (unpaired) electrons. The van der Waals surface area contributed by atoms with Gasteiger partial charge in [0.1, 0.15) is 0 Å². The number of rotatable bonds is 6. The molecule has 2 fully saturated rings. The molecule has 4 aliphatic heterocycles. The molecule has 4 heterocycles. The van der Waals surface area contributed by atoms with E-state index in [2.05, 4.69) is 22.3 Å². The van der Waals surface area contributed by atoms with Crippen LogP contribution in [0.1, 0.15) is 81.5 Å². The Morgan fingerprint density at radius 3 is 1.57 bits per heavy atom. The van der Waals surface area contributed by atoms with Crippen LogP contribution in [0.4, 0.5) is 0 Å². The Morgan fingerprint density at radius 2 is 1.14 bits per heavy atom. The summed E-state index contributed by atoms with van der Waals surface area (Å²) in [5, 5.41) is 12.0. The molecule has 9 nitrogen and oxygen atoms in total. The van der Waals surface area contributed by atoms with Gasteiger partial charge in [0.2, 0.25) is 17.7 Å². The van der Waals surface area contributed by atoms with E-state index in [1.54, 1.807) is 14.4 Å². The van der Waals surface area contributed by atoms with Crippen LogP contribution in [-0.4, -0.2) is 75.7 Å². The quantitative estimate of drug-likeness (QED) is 0.383. The lowest BCUT2D eigenvalue weighted by atomic mass is 9.94. The molecule has 0 N–H and O–H groups in total. The van der Waals surface area contributed by atoms with Gasteiger partial charge >= 0.3 is 0 Å². The van der Waals surface area contributed by atoms with Gasteiger partial charge in [-0.25, -0.2) is 14.4 Å². The maximum absolute atomic E-state index is 12.9. The molecule has 234 valence electrons. The molecule has 2 unspecified atom stereocenters. The van der Waals surface area contributed by atoms with Gasteiger partial charge in [-0.1, -0.05) is 67.6 Å². The molecule has 0 aromatic heterocycles. The topological polar surface area (TPSA) is 88.9 Å². The Bertz CT molecular complexity index is 1310. The molecule has 0 aliphatic carbocycles. The van der Waals surface area contributed by atoms with E-state index in [0.717, 1.165) is 69.2 Å². The van der Waals surface area contributed by atoms with Crippen molar-refractivity contribution in [1.29, 1.82) is 0 Å². The summed E-state index contributed by atoms with van der Waals surface area (Å²) in [6.45, 7) is 4.92. The van der Waals surface area contributed by atoms with Gasteiger partial charge in [-0.05, 0) is 55.0 Å². The molecule has 10 heteroatoms. The van der Waals surface area contributed by atoms with Gasteiger partial charge in [0.05, 0.1) is 12.1 Å². The van der Waals surface area contributed by atoms with Crippen LogP contribution in [0.3, 0.4) is 0 Å². The first kappa shape index (κ1) is 31.9. The Kier molecular flexibility index (Phi) is 11.2. The average molecular weight is 619 g/mol. The summed E-state index contributed by atoms with van der Waals surface area (Å²) >= 11 is 5.95. The molecule has 3 amide bonds. The number of halogens is 1. The van der Waals surface area contributed by atoms with Crippen molar-refractivity contribution in [3.05, 3.63) is 71.8 Å². The highest BCUT2D eigenvalue weighted by Gasteiger charge is 2.36. The second-order valence-corrected chi connectivity index (χ2v) is 12.4. The number of benzene rings is 2. The fourth-order valence-corrected chi connectivity index (χ4v) is 6.57. The first-order chi connectivity index (χ1) is 21.5. The molecule has 2 aromatic rings. The maximum Gasteiger partial charge on any atom is 0.246 e. The van der Waals surface area contributed by atoms with Crippen LogP contribution in [0.2, 0.25) is 0 Å². The van der Waals surface area contributed by atoms with Gasteiger partial charge in [0, 0.05) is 69.7 Å². The summed E-state index contributed by atoms with van der Waals surface area (Å²) in [7, 11) is 0. The number of hydrazone groups is 2. The van der Waals surface area contributed by atoms with Crippen molar-refractivity contribution in [2.75, 3.05) is 26.2 Å². The van der Waals surface area contributed by atoms with Gasteiger partial charge in [-0.2, -0.15) is 10.2 Å². The predicted molar refractivity (Wildman–Crippen MR) is 173 cm³/mol. The number of carbonyl (C=O) groups excluding carboxylic acids is 3. The SMILES string of the molecule is CCCC(=O)N1CCC(C(=O)N2N=CCC2c2ccccc2)CC1.O=C(C1CCN(Cl)CC1)N1N=CCC1c1ccccc1. The molecule has 0 saturated carbocycles. The molecule has 6 rings (SSSR count). The Morgan fingerprint density at radius 1 is 0.705 bits per heavy atom. The minimum atomic E-state index is -0.0304. The summed E-state index contributed by atoms with van der Waals surface area (Å²) in [5.41, 5.74) is 2.27. The van der Waals surface area contributed by atoms with E-state index in [9.17, 15) is 14.4 Å². The Hall–Kier alpha value is -3.56. The zero-order valence-corrected chi connectivity index (χ0v) is 26.3. The molecule has 4 aliphatic rings. The highest BCUT2D eigenvalue weighted by Crippen LogP contribution is 2.33. The minimum absolute atomic E-state index is 0.0125.